The minimum Gasteiger partial charge on any atom is -0.367 e. The highest BCUT2D eigenvalue weighted by Crippen LogP contribution is 2.40. The molecule has 5 heteroatoms. The molecular weight excluding hydrogens is 314 g/mol. The zero-order valence-electron chi connectivity index (χ0n) is 14.7. The molecule has 2 atom stereocenters. The van der Waals surface area contributed by atoms with Crippen LogP contribution in [0.25, 0.3) is 0 Å². The molecule has 2 bridgehead atoms. The number of nitrogens with zero attached hydrogens (tertiary/aromatic N) is 3. The fraction of sp³-hybridized carbons (Fsp3) is 0.500. The quantitative estimate of drug-likeness (QED) is 0.841. The van der Waals surface area contributed by atoms with Crippen LogP contribution in [0.5, 0.6) is 0 Å². The molecule has 2 aliphatic heterocycles. The highest BCUT2D eigenvalue weighted by Gasteiger charge is 2.43. The van der Waals surface area contributed by atoms with Gasteiger partial charge in [0.05, 0.1) is 18.8 Å². The molecule has 0 radical (unpaired) electrons. The minimum absolute atomic E-state index is 0.138. The Morgan fingerprint density at radius 2 is 1.88 bits per heavy atom. The average Bonchev–Trinajstić information content (AvgIpc) is 3.17. The Bertz CT molecular complexity index is 714. The summed E-state index contributed by atoms with van der Waals surface area (Å²) in [5.41, 5.74) is 2.30. The maximum atomic E-state index is 12.7. The number of ether oxygens (including phenoxy) is 1. The monoisotopic (exact) mass is 339 g/mol. The third-order valence-electron chi connectivity index (χ3n) is 5.44. The predicted octanol–water partition coefficient (Wildman–Crippen LogP) is 3.10. The average molecular weight is 339 g/mol. The van der Waals surface area contributed by atoms with Crippen molar-refractivity contribution in [3.8, 4) is 0 Å². The normalized spacial score (nSPS) is 25.3. The molecule has 0 saturated carbocycles. The number of amides is 1. The lowest BCUT2D eigenvalue weighted by Crippen LogP contribution is -2.48. The lowest BCUT2D eigenvalue weighted by molar-refractivity contribution is -0.141. The molecule has 2 unspecified atom stereocenters. The first-order chi connectivity index (χ1) is 12.2. The van der Waals surface area contributed by atoms with Gasteiger partial charge < -0.3 is 9.64 Å². The summed E-state index contributed by atoms with van der Waals surface area (Å²) in [6.45, 7) is 2.74. The highest BCUT2D eigenvalue weighted by molar-refractivity contribution is 5.78. The Labute approximate surface area is 148 Å². The van der Waals surface area contributed by atoms with Gasteiger partial charge in [0.1, 0.15) is 6.61 Å². The number of hydrogen-bond donors (Lipinski definition) is 0. The standard InChI is InChI=1S/C20H25N3O2/c1-15-11-21-22(12-15)19-9-17-7-8-18(10-19)23(17)20(24)14-25-13-16-5-3-2-4-6-16/h2-6,11-12,17-19H,7-10,13-14H2,1H3. The lowest BCUT2D eigenvalue weighted by atomic mass is 9.97. The molecule has 1 aromatic carbocycles. The fourth-order valence-electron chi connectivity index (χ4n) is 4.31. The van der Waals surface area contributed by atoms with E-state index < -0.39 is 0 Å². The number of aromatic nitrogens is 2. The summed E-state index contributed by atoms with van der Waals surface area (Å²) in [4.78, 5) is 14.8. The number of rotatable bonds is 5. The van der Waals surface area contributed by atoms with E-state index in [0.29, 0.717) is 24.7 Å². The van der Waals surface area contributed by atoms with E-state index in [9.17, 15) is 4.79 Å². The third kappa shape index (κ3) is 3.47. The second-order valence-electron chi connectivity index (χ2n) is 7.29. The Morgan fingerprint density at radius 3 is 2.52 bits per heavy atom. The van der Waals surface area contributed by atoms with Gasteiger partial charge in [-0.2, -0.15) is 5.10 Å². The van der Waals surface area contributed by atoms with Crippen LogP contribution < -0.4 is 0 Å². The molecule has 25 heavy (non-hydrogen) atoms. The SMILES string of the molecule is Cc1cnn(C2CC3CCC(C2)N3C(=O)COCc2ccccc2)c1. The predicted molar refractivity (Wildman–Crippen MR) is 95.0 cm³/mol. The molecule has 2 aliphatic rings. The van der Waals surface area contributed by atoms with E-state index in [0.717, 1.165) is 31.2 Å². The number of fused-ring (bicyclic) bond motifs is 2. The van der Waals surface area contributed by atoms with Crippen molar-refractivity contribution in [3.63, 3.8) is 0 Å². The molecule has 1 aromatic heterocycles. The number of hydrogen-bond acceptors (Lipinski definition) is 3. The molecule has 0 spiro atoms. The van der Waals surface area contributed by atoms with E-state index in [1.54, 1.807) is 0 Å². The summed E-state index contributed by atoms with van der Waals surface area (Å²) < 4.78 is 7.76. The molecule has 0 aliphatic carbocycles. The molecule has 2 aromatic rings. The smallest absolute Gasteiger partial charge is 0.249 e. The first-order valence-electron chi connectivity index (χ1n) is 9.14. The van der Waals surface area contributed by atoms with Crippen LogP contribution in [0, 0.1) is 6.92 Å². The van der Waals surface area contributed by atoms with Crippen LogP contribution in [0.3, 0.4) is 0 Å². The van der Waals surface area contributed by atoms with Crippen LogP contribution in [0.15, 0.2) is 42.7 Å². The van der Waals surface area contributed by atoms with E-state index in [1.165, 1.54) is 5.56 Å². The van der Waals surface area contributed by atoms with Crippen LogP contribution >= 0.6 is 0 Å². The first-order valence-corrected chi connectivity index (χ1v) is 9.14. The highest BCUT2D eigenvalue weighted by atomic mass is 16.5. The molecule has 3 heterocycles. The van der Waals surface area contributed by atoms with Gasteiger partial charge in [-0.15, -0.1) is 0 Å². The van der Waals surface area contributed by atoms with Gasteiger partial charge in [-0.1, -0.05) is 30.3 Å². The van der Waals surface area contributed by atoms with Gasteiger partial charge in [0.15, 0.2) is 0 Å². The van der Waals surface area contributed by atoms with E-state index in [4.69, 9.17) is 4.74 Å². The van der Waals surface area contributed by atoms with Crippen LogP contribution in [0.4, 0.5) is 0 Å². The van der Waals surface area contributed by atoms with E-state index in [1.807, 2.05) is 36.5 Å². The number of carbonyl (C=O) groups excluding carboxylic acids is 1. The van der Waals surface area contributed by atoms with Gasteiger partial charge in [-0.25, -0.2) is 0 Å². The molecule has 2 fully saturated rings. The molecule has 5 nitrogen and oxygen atoms in total. The Hall–Kier alpha value is -2.14. The minimum atomic E-state index is 0.138. The zero-order chi connectivity index (χ0) is 17.2. The molecule has 4 rings (SSSR count). The largest absolute Gasteiger partial charge is 0.367 e. The van der Waals surface area contributed by atoms with Gasteiger partial charge in [-0.05, 0) is 43.7 Å². The van der Waals surface area contributed by atoms with Crippen molar-refractivity contribution in [1.29, 1.82) is 0 Å². The van der Waals surface area contributed by atoms with Gasteiger partial charge in [0.25, 0.3) is 0 Å². The molecule has 2 saturated heterocycles. The Balaban J connectivity index is 1.33. The van der Waals surface area contributed by atoms with Crippen LogP contribution in [-0.2, 0) is 16.1 Å². The lowest BCUT2D eigenvalue weighted by Gasteiger charge is -2.39. The topological polar surface area (TPSA) is 47.4 Å². The Morgan fingerprint density at radius 1 is 1.16 bits per heavy atom. The molecule has 132 valence electrons. The second kappa shape index (κ2) is 7.00. The molecular formula is C20H25N3O2. The fourth-order valence-corrected chi connectivity index (χ4v) is 4.31. The van der Waals surface area contributed by atoms with E-state index >= 15 is 0 Å². The summed E-state index contributed by atoms with van der Waals surface area (Å²) in [7, 11) is 0. The molecule has 0 N–H and O–H groups in total. The van der Waals surface area contributed by atoms with E-state index in [-0.39, 0.29) is 12.5 Å². The first kappa shape index (κ1) is 16.3. The number of carbonyl (C=O) groups is 1. The number of piperidine rings is 1. The summed E-state index contributed by atoms with van der Waals surface area (Å²) in [5, 5.41) is 4.48. The van der Waals surface area contributed by atoms with Gasteiger partial charge in [0.2, 0.25) is 5.91 Å². The maximum absolute atomic E-state index is 12.7. The number of aryl methyl sites for hydroxylation is 1. The van der Waals surface area contributed by atoms with Crippen LogP contribution in [-0.4, -0.2) is 39.3 Å². The van der Waals surface area contributed by atoms with Crippen molar-refractivity contribution in [2.24, 2.45) is 0 Å². The van der Waals surface area contributed by atoms with Crippen molar-refractivity contribution >= 4 is 5.91 Å². The summed E-state index contributed by atoms with van der Waals surface area (Å²) in [6.07, 6.45) is 8.24. The maximum Gasteiger partial charge on any atom is 0.249 e. The van der Waals surface area contributed by atoms with Crippen molar-refractivity contribution in [2.45, 2.75) is 57.3 Å². The Kier molecular flexibility index (Phi) is 4.57. The molecule has 1 amide bonds. The van der Waals surface area contributed by atoms with Crippen molar-refractivity contribution < 1.29 is 9.53 Å². The third-order valence-corrected chi connectivity index (χ3v) is 5.44. The van der Waals surface area contributed by atoms with Crippen molar-refractivity contribution in [2.75, 3.05) is 6.61 Å². The number of benzene rings is 1. The second-order valence-corrected chi connectivity index (χ2v) is 7.29. The van der Waals surface area contributed by atoms with Gasteiger partial charge in [0, 0.05) is 18.3 Å². The summed E-state index contributed by atoms with van der Waals surface area (Å²) in [5.74, 6) is 0.138. The van der Waals surface area contributed by atoms with Crippen LogP contribution in [0.1, 0.15) is 42.9 Å². The summed E-state index contributed by atoms with van der Waals surface area (Å²) >= 11 is 0. The van der Waals surface area contributed by atoms with Crippen molar-refractivity contribution in [3.05, 3.63) is 53.9 Å². The van der Waals surface area contributed by atoms with E-state index in [2.05, 4.69) is 27.8 Å². The summed E-state index contributed by atoms with van der Waals surface area (Å²) in [6, 6.07) is 11.1. The van der Waals surface area contributed by atoms with Crippen LogP contribution in [0.2, 0.25) is 0 Å². The van der Waals surface area contributed by atoms with Gasteiger partial charge in [-0.3, -0.25) is 9.48 Å². The zero-order valence-corrected chi connectivity index (χ0v) is 14.7. The van der Waals surface area contributed by atoms with Crippen molar-refractivity contribution in [1.82, 2.24) is 14.7 Å². The van der Waals surface area contributed by atoms with Gasteiger partial charge >= 0.3 is 0 Å².